The van der Waals surface area contributed by atoms with Crippen molar-refractivity contribution in [2.45, 2.75) is 83.7 Å². The Hall–Kier alpha value is -5.27. The Kier molecular flexibility index (Phi) is 10.7. The molecule has 282 valence electrons. The van der Waals surface area contributed by atoms with Crippen molar-refractivity contribution < 1.29 is 18.9 Å². The van der Waals surface area contributed by atoms with Crippen molar-refractivity contribution in [3.8, 4) is 11.3 Å². The lowest BCUT2D eigenvalue weighted by molar-refractivity contribution is -0.134. The van der Waals surface area contributed by atoms with Crippen molar-refractivity contribution in [1.29, 1.82) is 0 Å². The summed E-state index contributed by atoms with van der Waals surface area (Å²) in [6.45, 7) is 13.1. The quantitative estimate of drug-likeness (QED) is 0.175. The Morgan fingerprint density at radius 1 is 1.04 bits per heavy atom. The van der Waals surface area contributed by atoms with E-state index in [4.69, 9.17) is 4.52 Å². The number of hydrogen-bond donors (Lipinski definition) is 2. The van der Waals surface area contributed by atoms with Gasteiger partial charge in [0.25, 0.3) is 11.7 Å². The summed E-state index contributed by atoms with van der Waals surface area (Å²) in [6.07, 6.45) is 6.87. The van der Waals surface area contributed by atoms with Gasteiger partial charge in [0, 0.05) is 49.8 Å². The van der Waals surface area contributed by atoms with Crippen LogP contribution < -0.4 is 10.6 Å². The molecule has 2 saturated heterocycles. The number of nitrogens with one attached hydrogen (secondary N) is 2. The molecule has 54 heavy (non-hydrogen) atoms. The molecule has 2 fully saturated rings. The molecule has 0 radical (unpaired) electrons. The third kappa shape index (κ3) is 8.42. The second kappa shape index (κ2) is 15.6. The molecule has 13 nitrogen and oxygen atoms in total. The van der Waals surface area contributed by atoms with Gasteiger partial charge in [-0.1, -0.05) is 62.3 Å². The maximum absolute atomic E-state index is 12.7. The van der Waals surface area contributed by atoms with E-state index in [1.165, 1.54) is 11.1 Å². The number of benzene rings is 2. The van der Waals surface area contributed by atoms with Gasteiger partial charge < -0.3 is 19.6 Å². The van der Waals surface area contributed by atoms with E-state index in [1.54, 1.807) is 6.33 Å². The highest BCUT2D eigenvalue weighted by Crippen LogP contribution is 2.31. The second-order valence-corrected chi connectivity index (χ2v) is 15.8. The third-order valence-corrected chi connectivity index (χ3v) is 10.7. The van der Waals surface area contributed by atoms with Crippen LogP contribution in [0.25, 0.3) is 16.8 Å². The topological polar surface area (TPSA) is 151 Å². The summed E-state index contributed by atoms with van der Waals surface area (Å²) in [6, 6.07) is 16.8. The molecular weight excluding hydrogens is 683 g/mol. The van der Waals surface area contributed by atoms with Crippen LogP contribution in [-0.4, -0.2) is 85.5 Å². The Morgan fingerprint density at radius 3 is 2.50 bits per heavy atom. The Morgan fingerprint density at radius 2 is 1.80 bits per heavy atom. The fourth-order valence-corrected chi connectivity index (χ4v) is 7.41. The van der Waals surface area contributed by atoms with Crippen LogP contribution in [0.1, 0.15) is 103 Å². The second-order valence-electron chi connectivity index (χ2n) is 15.8. The lowest BCUT2D eigenvalue weighted by Crippen LogP contribution is -2.39. The summed E-state index contributed by atoms with van der Waals surface area (Å²) >= 11 is 0. The zero-order valence-electron chi connectivity index (χ0n) is 31.8. The van der Waals surface area contributed by atoms with Crippen LogP contribution in [-0.2, 0) is 28.1 Å². The summed E-state index contributed by atoms with van der Waals surface area (Å²) in [5.41, 5.74) is 7.96. The van der Waals surface area contributed by atoms with Gasteiger partial charge in [0.05, 0.1) is 17.1 Å². The van der Waals surface area contributed by atoms with Crippen LogP contribution in [0.5, 0.6) is 0 Å². The zero-order chi connectivity index (χ0) is 38.0. The van der Waals surface area contributed by atoms with Crippen LogP contribution in [0.15, 0.2) is 65.6 Å². The van der Waals surface area contributed by atoms with Gasteiger partial charge in [-0.25, -0.2) is 9.50 Å². The molecule has 2 N–H and O–H groups in total. The van der Waals surface area contributed by atoms with Gasteiger partial charge in [-0.3, -0.25) is 19.7 Å². The van der Waals surface area contributed by atoms with E-state index in [0.29, 0.717) is 31.2 Å². The number of likely N-dealkylation sites (tertiary alicyclic amines) is 1. The lowest BCUT2D eigenvalue weighted by Gasteiger charge is -2.33. The minimum Gasteiger partial charge on any atom is -0.345 e. The summed E-state index contributed by atoms with van der Waals surface area (Å²) in [5.74, 6) is -0.00383. The molecule has 2 aliphatic heterocycles. The fourth-order valence-electron chi connectivity index (χ4n) is 7.41. The van der Waals surface area contributed by atoms with Crippen LogP contribution in [0, 0.1) is 6.92 Å². The number of imide groups is 1. The number of aromatic nitrogens is 5. The molecule has 2 aromatic carbocycles. The molecular formula is C41H49N9O4. The van der Waals surface area contributed by atoms with Crippen LogP contribution in [0.2, 0.25) is 0 Å². The number of aryl methyl sites for hydroxylation is 1. The molecule has 7 rings (SSSR count). The number of amides is 3. The smallest absolute Gasteiger partial charge is 0.292 e. The van der Waals surface area contributed by atoms with Gasteiger partial charge in [-0.05, 0) is 92.2 Å². The first-order chi connectivity index (χ1) is 25.9. The number of carbonyl (C=O) groups is 3. The summed E-state index contributed by atoms with van der Waals surface area (Å²) in [4.78, 5) is 50.3. The average Bonchev–Trinajstić information content (AvgIpc) is 3.82. The van der Waals surface area contributed by atoms with E-state index in [0.717, 1.165) is 79.0 Å². The number of fused-ring (bicyclic) bond motifs is 1. The molecule has 3 amide bonds. The van der Waals surface area contributed by atoms with Crippen molar-refractivity contribution in [3.05, 3.63) is 101 Å². The first-order valence-electron chi connectivity index (χ1n) is 18.8. The first-order valence-corrected chi connectivity index (χ1v) is 18.8. The number of rotatable bonds is 11. The minimum atomic E-state index is -0.377. The number of carbonyl (C=O) groups excluding carboxylic acids is 3. The molecule has 2 aliphatic rings. The molecule has 5 aromatic rings. The zero-order valence-corrected chi connectivity index (χ0v) is 31.8. The highest BCUT2D eigenvalue weighted by Gasteiger charge is 2.29. The van der Waals surface area contributed by atoms with Crippen molar-refractivity contribution in [3.63, 3.8) is 0 Å². The summed E-state index contributed by atoms with van der Waals surface area (Å²) < 4.78 is 7.16. The van der Waals surface area contributed by atoms with Crippen molar-refractivity contribution in [2.75, 3.05) is 33.2 Å². The van der Waals surface area contributed by atoms with Gasteiger partial charge >= 0.3 is 0 Å². The minimum absolute atomic E-state index is 0.0291. The van der Waals surface area contributed by atoms with Crippen LogP contribution in [0.3, 0.4) is 0 Å². The molecule has 0 saturated carbocycles. The summed E-state index contributed by atoms with van der Waals surface area (Å²) in [7, 11) is 2.16. The molecule has 0 spiro atoms. The fraction of sp³-hybridized carbons (Fsp3) is 0.439. The van der Waals surface area contributed by atoms with Crippen molar-refractivity contribution >= 4 is 23.2 Å². The van der Waals surface area contributed by atoms with Gasteiger partial charge in [0.2, 0.25) is 17.7 Å². The number of piperidine rings is 2. The number of nitrogens with zero attached hydrogens (tertiary/aromatic N) is 7. The molecule has 3 aromatic heterocycles. The predicted octanol–water partition coefficient (Wildman–Crippen LogP) is 5.15. The van der Waals surface area contributed by atoms with Crippen LogP contribution >= 0.6 is 0 Å². The number of likely N-dealkylation sites (N-methyl/N-ethyl adjacent to an activating group) is 1. The SMILES string of the molecule is Cc1cc(-c2ncnn3cc(CN(C)CCN4CCC(c5ccc(C6CCC(=O)NC6=O)cc5)CC4)cc23)ccc1CNC(=O)c1noc(C(C)(C)C)n1. The maximum atomic E-state index is 12.7. The largest absolute Gasteiger partial charge is 0.345 e. The van der Waals surface area contributed by atoms with Gasteiger partial charge in [0.15, 0.2) is 0 Å². The standard InChI is InChI=1S/C41H49N9O4/c1-26-20-31(10-11-32(26)22-42-39(53)37-46-40(54-47-37)41(2,3)4)36-34-21-27(24-50(34)44-25-43-36)23-48(5)18-19-49-16-14-29(15-17-49)28-6-8-30(9-7-28)33-12-13-35(51)45-38(33)52/h6-11,20-21,24-25,29,33H,12-19,22-23H2,1-5H3,(H,42,53)(H,45,51,52). The van der Waals surface area contributed by atoms with E-state index in [2.05, 4.69) is 90.3 Å². The van der Waals surface area contributed by atoms with Crippen LogP contribution in [0.4, 0.5) is 0 Å². The van der Waals surface area contributed by atoms with Crippen molar-refractivity contribution in [1.82, 2.24) is 45.2 Å². The average molecular weight is 732 g/mol. The Labute approximate surface area is 315 Å². The highest BCUT2D eigenvalue weighted by molar-refractivity contribution is 6.00. The molecule has 5 heterocycles. The normalized spacial score (nSPS) is 17.3. The van der Waals surface area contributed by atoms with E-state index in [-0.39, 0.29) is 34.9 Å². The predicted molar refractivity (Wildman–Crippen MR) is 204 cm³/mol. The lowest BCUT2D eigenvalue weighted by atomic mass is 9.86. The molecule has 1 unspecified atom stereocenters. The summed E-state index contributed by atoms with van der Waals surface area (Å²) in [5, 5.41) is 13.7. The molecule has 0 bridgehead atoms. The Bertz CT molecular complexity index is 2140. The first kappa shape index (κ1) is 37.1. The molecule has 0 aliphatic carbocycles. The van der Waals surface area contributed by atoms with E-state index >= 15 is 0 Å². The highest BCUT2D eigenvalue weighted by atomic mass is 16.5. The van der Waals surface area contributed by atoms with Gasteiger partial charge in [-0.2, -0.15) is 10.1 Å². The third-order valence-electron chi connectivity index (χ3n) is 10.7. The van der Waals surface area contributed by atoms with E-state index in [1.807, 2.05) is 44.3 Å². The Balaban J connectivity index is 0.897. The number of hydrogen-bond acceptors (Lipinski definition) is 10. The molecule has 1 atom stereocenters. The van der Waals surface area contributed by atoms with E-state index in [9.17, 15) is 14.4 Å². The van der Waals surface area contributed by atoms with E-state index < -0.39 is 0 Å². The van der Waals surface area contributed by atoms with Gasteiger partial charge in [-0.15, -0.1) is 0 Å². The van der Waals surface area contributed by atoms with Gasteiger partial charge in [0.1, 0.15) is 6.33 Å². The monoisotopic (exact) mass is 731 g/mol. The molecule has 13 heteroatoms. The maximum Gasteiger partial charge on any atom is 0.292 e. The van der Waals surface area contributed by atoms with Crippen molar-refractivity contribution in [2.24, 2.45) is 0 Å².